The van der Waals surface area contributed by atoms with Gasteiger partial charge in [0.15, 0.2) is 5.78 Å². The van der Waals surface area contributed by atoms with Gasteiger partial charge in [-0.2, -0.15) is 0 Å². The molecular weight excluding hydrogens is 540 g/mol. The van der Waals surface area contributed by atoms with Crippen LogP contribution in [0, 0.1) is 6.92 Å². The molecule has 4 aromatic rings. The second kappa shape index (κ2) is 14.1. The molecule has 3 N–H and O–H groups in total. The summed E-state index contributed by atoms with van der Waals surface area (Å²) in [4.78, 5) is 23.2. The first-order valence-corrected chi connectivity index (χ1v) is 11.6. The van der Waals surface area contributed by atoms with Gasteiger partial charge in [-0.15, -0.1) is 0 Å². The van der Waals surface area contributed by atoms with E-state index in [1.165, 1.54) is 37.4 Å². The maximum atomic E-state index is 12.1. The zero-order valence-corrected chi connectivity index (χ0v) is 24.3. The Bertz CT molecular complexity index is 1460. The van der Waals surface area contributed by atoms with Crippen LogP contribution in [0.2, 0.25) is 10.0 Å². The number of ether oxygens (including phenoxy) is 1. The zero-order chi connectivity index (χ0) is 27.1. The summed E-state index contributed by atoms with van der Waals surface area (Å²) in [6.07, 6.45) is 0. The molecule has 0 saturated heterocycles. The van der Waals surface area contributed by atoms with Crippen LogP contribution in [0.1, 0.15) is 31.8 Å². The molecule has 10 heteroatoms. The quantitative estimate of drug-likeness (QED) is 0.244. The number of nitrogens with one attached hydrogen (secondary N) is 1. The number of para-hydroxylation sites is 2. The number of phenols is 2. The van der Waals surface area contributed by atoms with Crippen LogP contribution in [-0.2, 0) is 0 Å². The van der Waals surface area contributed by atoms with Crippen molar-refractivity contribution >= 4 is 46.3 Å². The van der Waals surface area contributed by atoms with Crippen LogP contribution in [-0.4, -0.2) is 29.1 Å². The molecule has 4 rings (SSSR count). The summed E-state index contributed by atoms with van der Waals surface area (Å²) in [6.45, 7) is 1.84. The van der Waals surface area contributed by atoms with E-state index in [4.69, 9.17) is 27.9 Å². The standard InChI is InChI=1S/C14H11Cl2NO2.C14H12O4.Na/c1-8-6-7-10(15)13(12(8)16)17-11-5-3-2-4-9(11)14(18)19;1-18-9-6-7-11(13(16)8-9)14(17)10-4-2-3-5-12(10)15;/h2-7,17H,1H3,(H,18,19);2-8,15-16H,1H3;/q;;+1/p-1. The third-order valence-electron chi connectivity index (χ3n) is 5.29. The SMILES string of the molecule is COc1ccc(C(=O)c2ccccc2O)c(O)c1.Cc1ccc(Cl)c(Nc2ccccc2C(=O)[O-])c1Cl.[Na+]. The topological polar surface area (TPSA) is 119 Å². The van der Waals surface area contributed by atoms with E-state index in [2.05, 4.69) is 5.32 Å². The number of benzene rings is 4. The first kappa shape index (κ1) is 31.0. The first-order chi connectivity index (χ1) is 17.6. The number of aryl methyl sites for hydroxylation is 1. The predicted molar refractivity (Wildman–Crippen MR) is 141 cm³/mol. The van der Waals surface area contributed by atoms with Crippen LogP contribution in [0.4, 0.5) is 11.4 Å². The number of halogens is 2. The van der Waals surface area contributed by atoms with E-state index < -0.39 is 11.8 Å². The number of phenolic OH excluding ortho intramolecular Hbond substituents is 2. The average Bonchev–Trinajstić information content (AvgIpc) is 2.89. The number of ketones is 1. The summed E-state index contributed by atoms with van der Waals surface area (Å²) < 4.78 is 4.94. The Hall–Kier alpha value is -3.20. The van der Waals surface area contributed by atoms with Gasteiger partial charge in [0.05, 0.1) is 39.9 Å². The van der Waals surface area contributed by atoms with E-state index in [1.807, 2.05) is 6.92 Å². The summed E-state index contributed by atoms with van der Waals surface area (Å²) in [7, 11) is 1.47. The van der Waals surface area contributed by atoms with E-state index in [1.54, 1.807) is 48.5 Å². The fourth-order valence-corrected chi connectivity index (χ4v) is 3.78. The van der Waals surface area contributed by atoms with Crippen LogP contribution < -0.4 is 44.7 Å². The molecule has 0 amide bonds. The molecule has 0 saturated carbocycles. The molecule has 4 aromatic carbocycles. The third kappa shape index (κ3) is 7.43. The minimum absolute atomic E-state index is 0. The number of carbonyl (C=O) groups excluding carboxylic acids is 2. The number of methoxy groups -OCH3 is 1. The van der Waals surface area contributed by atoms with Crippen molar-refractivity contribution in [3.63, 3.8) is 0 Å². The number of carboxylic acids is 1. The number of hydrogen-bond acceptors (Lipinski definition) is 7. The molecule has 0 aliphatic carbocycles. The maximum Gasteiger partial charge on any atom is 1.00 e. The van der Waals surface area contributed by atoms with Crippen molar-refractivity contribution < 1.29 is 59.2 Å². The molecule has 0 atom stereocenters. The Morgan fingerprint density at radius 3 is 2.05 bits per heavy atom. The minimum atomic E-state index is -1.26. The van der Waals surface area contributed by atoms with E-state index in [9.17, 15) is 24.9 Å². The largest absolute Gasteiger partial charge is 1.00 e. The Morgan fingerprint density at radius 2 is 1.45 bits per heavy atom. The van der Waals surface area contributed by atoms with Gasteiger partial charge < -0.3 is 30.2 Å². The molecule has 0 aliphatic heterocycles. The fourth-order valence-electron chi connectivity index (χ4n) is 3.32. The van der Waals surface area contributed by atoms with Crippen LogP contribution in [0.3, 0.4) is 0 Å². The molecule has 0 radical (unpaired) electrons. The first-order valence-electron chi connectivity index (χ1n) is 10.9. The summed E-state index contributed by atoms with van der Waals surface area (Å²) in [5.41, 5.74) is 2.04. The van der Waals surface area contributed by atoms with E-state index in [0.29, 0.717) is 27.2 Å². The molecule has 0 fully saturated rings. The average molecular weight is 562 g/mol. The molecule has 38 heavy (non-hydrogen) atoms. The molecule has 0 aromatic heterocycles. The fraction of sp³-hybridized carbons (Fsp3) is 0.0714. The van der Waals surface area contributed by atoms with E-state index in [-0.39, 0.29) is 57.7 Å². The number of hydrogen-bond donors (Lipinski definition) is 3. The van der Waals surface area contributed by atoms with Crippen LogP contribution in [0.5, 0.6) is 17.2 Å². The van der Waals surface area contributed by atoms with Gasteiger partial charge in [0.25, 0.3) is 0 Å². The second-order valence-corrected chi connectivity index (χ2v) is 8.53. The van der Waals surface area contributed by atoms with Gasteiger partial charge in [-0.25, -0.2) is 0 Å². The van der Waals surface area contributed by atoms with Gasteiger partial charge in [0.2, 0.25) is 0 Å². The van der Waals surface area contributed by atoms with Gasteiger partial charge in [-0.05, 0) is 48.9 Å². The van der Waals surface area contributed by atoms with E-state index in [0.717, 1.165) is 5.56 Å². The number of anilines is 2. The summed E-state index contributed by atoms with van der Waals surface area (Å²) in [5.74, 6) is -1.53. The van der Waals surface area contributed by atoms with Crippen molar-refractivity contribution in [1.82, 2.24) is 0 Å². The molecule has 7 nitrogen and oxygen atoms in total. The molecule has 0 unspecified atom stereocenters. The van der Waals surface area contributed by atoms with Crippen molar-refractivity contribution in [3.05, 3.63) is 111 Å². The minimum Gasteiger partial charge on any atom is -0.545 e. The molecule has 0 heterocycles. The van der Waals surface area contributed by atoms with Gasteiger partial charge in [-0.1, -0.05) is 59.6 Å². The van der Waals surface area contributed by atoms with Gasteiger partial charge >= 0.3 is 29.6 Å². The molecular formula is C28H22Cl2NNaO6. The van der Waals surface area contributed by atoms with Gasteiger partial charge in [0.1, 0.15) is 17.2 Å². The number of carbonyl (C=O) groups is 2. The normalized spacial score (nSPS) is 9.89. The Morgan fingerprint density at radius 1 is 0.842 bits per heavy atom. The molecule has 0 aliphatic rings. The van der Waals surface area contributed by atoms with Gasteiger partial charge in [-0.3, -0.25) is 4.79 Å². The Balaban J connectivity index is 0.000000260. The number of aromatic hydroxyl groups is 2. The zero-order valence-electron chi connectivity index (χ0n) is 20.8. The number of aromatic carboxylic acids is 1. The third-order valence-corrected chi connectivity index (χ3v) is 6.09. The Kier molecular flexibility index (Phi) is 11.5. The summed E-state index contributed by atoms with van der Waals surface area (Å²) in [5, 5.41) is 34.2. The Labute approximate surface area is 251 Å². The van der Waals surface area contributed by atoms with E-state index >= 15 is 0 Å². The maximum absolute atomic E-state index is 12.1. The van der Waals surface area contributed by atoms with Gasteiger partial charge in [0, 0.05) is 17.3 Å². The molecule has 0 spiro atoms. The van der Waals surface area contributed by atoms with Crippen LogP contribution >= 0.6 is 23.2 Å². The smallest absolute Gasteiger partial charge is 0.545 e. The van der Waals surface area contributed by atoms with Crippen LogP contribution in [0.15, 0.2) is 78.9 Å². The number of rotatable bonds is 6. The number of carboxylic acid groups (broad SMARTS) is 1. The van der Waals surface area contributed by atoms with Crippen molar-refractivity contribution in [3.8, 4) is 17.2 Å². The summed E-state index contributed by atoms with van der Waals surface area (Å²) >= 11 is 12.2. The van der Waals surface area contributed by atoms with Crippen molar-refractivity contribution in [2.24, 2.45) is 0 Å². The summed E-state index contributed by atoms with van der Waals surface area (Å²) in [6, 6.07) is 20.5. The molecule has 0 bridgehead atoms. The van der Waals surface area contributed by atoms with Crippen molar-refractivity contribution in [1.29, 1.82) is 0 Å². The van der Waals surface area contributed by atoms with Crippen LogP contribution in [0.25, 0.3) is 0 Å². The van der Waals surface area contributed by atoms with Crippen molar-refractivity contribution in [2.45, 2.75) is 6.92 Å². The second-order valence-electron chi connectivity index (χ2n) is 7.74. The molecule has 190 valence electrons. The van der Waals surface area contributed by atoms with Crippen molar-refractivity contribution in [2.75, 3.05) is 12.4 Å². The monoisotopic (exact) mass is 561 g/mol. The predicted octanol–water partition coefficient (Wildman–Crippen LogP) is 2.75.